The maximum Gasteiger partial charge on any atom is 2.00 e. The molecule has 0 bridgehead atoms. The van der Waals surface area contributed by atoms with Gasteiger partial charge in [-0.05, 0) is 29.6 Å². The molecular formula is C24H17N5Pt. The molecule has 0 saturated heterocycles. The van der Waals surface area contributed by atoms with Gasteiger partial charge in [0.05, 0.1) is 0 Å². The van der Waals surface area contributed by atoms with E-state index in [2.05, 4.69) is 34.3 Å². The zero-order valence-corrected chi connectivity index (χ0v) is 18.1. The maximum absolute atomic E-state index is 4.79. The van der Waals surface area contributed by atoms with Gasteiger partial charge >= 0.3 is 21.1 Å². The molecule has 0 spiro atoms. The molecule has 6 heteroatoms. The summed E-state index contributed by atoms with van der Waals surface area (Å²) in [7, 11) is 0. The fourth-order valence-corrected chi connectivity index (χ4v) is 3.19. The van der Waals surface area contributed by atoms with Crippen molar-refractivity contribution >= 4 is 17.2 Å². The van der Waals surface area contributed by atoms with Crippen LogP contribution in [0.4, 0.5) is 17.2 Å². The van der Waals surface area contributed by atoms with Crippen molar-refractivity contribution in [3.63, 3.8) is 0 Å². The summed E-state index contributed by atoms with van der Waals surface area (Å²) in [6.45, 7) is 0. The molecular weight excluding hydrogens is 553 g/mol. The van der Waals surface area contributed by atoms with Crippen LogP contribution in [0.15, 0.2) is 104 Å². The molecule has 0 aliphatic carbocycles. The third-order valence-electron chi connectivity index (χ3n) is 4.51. The van der Waals surface area contributed by atoms with Crippen molar-refractivity contribution in [2.24, 2.45) is 0 Å². The Morgan fingerprint density at radius 2 is 1.57 bits per heavy atom. The fraction of sp³-hybridized carbons (Fsp3) is 0. The number of rotatable bonds is 5. The molecule has 0 radical (unpaired) electrons. The summed E-state index contributed by atoms with van der Waals surface area (Å²) in [4.78, 5) is 2.08. The number of para-hydroxylation sites is 2. The number of hydrogen-bond donors (Lipinski definition) is 0. The monoisotopic (exact) mass is 570 g/mol. The Balaban J connectivity index is 0.00000218. The fourth-order valence-electron chi connectivity index (χ4n) is 3.19. The van der Waals surface area contributed by atoms with Crippen LogP contribution in [0, 0.1) is 12.1 Å². The van der Waals surface area contributed by atoms with Crippen LogP contribution in [0.5, 0.6) is 0 Å². The summed E-state index contributed by atoms with van der Waals surface area (Å²) in [5.74, 6) is 0.794. The molecule has 0 fully saturated rings. The first-order valence-corrected chi connectivity index (χ1v) is 9.29. The van der Waals surface area contributed by atoms with E-state index in [1.54, 1.807) is 10.9 Å². The van der Waals surface area contributed by atoms with Gasteiger partial charge in [0.25, 0.3) is 0 Å². The molecule has 0 aliphatic heterocycles. The molecule has 2 aromatic heterocycles. The zero-order chi connectivity index (χ0) is 19.5. The van der Waals surface area contributed by atoms with Crippen LogP contribution < -0.4 is 4.90 Å². The Kier molecular flexibility index (Phi) is 5.91. The van der Waals surface area contributed by atoms with Gasteiger partial charge in [-0.2, -0.15) is 40.5 Å². The Labute approximate surface area is 189 Å². The maximum atomic E-state index is 4.79. The van der Waals surface area contributed by atoms with E-state index in [-0.39, 0.29) is 21.1 Å². The number of aromatic nitrogens is 4. The molecule has 0 aliphatic rings. The number of hydrogen-bond acceptors (Lipinski definition) is 3. The molecule has 5 rings (SSSR count). The van der Waals surface area contributed by atoms with Crippen LogP contribution in [0.3, 0.4) is 0 Å². The summed E-state index contributed by atoms with van der Waals surface area (Å²) in [5, 5.41) is 9.11. The molecule has 3 aromatic carbocycles. The summed E-state index contributed by atoms with van der Waals surface area (Å²) in [6.07, 6.45) is 5.60. The van der Waals surface area contributed by atoms with Gasteiger partial charge in [0.1, 0.15) is 0 Å². The third kappa shape index (κ3) is 3.98. The topological polar surface area (TPSA) is 38.9 Å². The second-order valence-electron chi connectivity index (χ2n) is 6.41. The van der Waals surface area contributed by atoms with E-state index in [1.807, 2.05) is 89.9 Å². The van der Waals surface area contributed by atoms with Crippen LogP contribution in [-0.2, 0) is 21.1 Å². The number of benzene rings is 3. The first-order valence-electron chi connectivity index (χ1n) is 9.29. The zero-order valence-electron chi connectivity index (χ0n) is 15.9. The molecule has 0 unspecified atom stereocenters. The average Bonchev–Trinajstić information content (AvgIpc) is 3.49. The van der Waals surface area contributed by atoms with Crippen molar-refractivity contribution in [1.82, 2.24) is 19.6 Å². The van der Waals surface area contributed by atoms with Gasteiger partial charge in [-0.25, -0.2) is 0 Å². The minimum Gasteiger partial charge on any atom is -0.318 e. The molecule has 5 nitrogen and oxygen atoms in total. The summed E-state index contributed by atoms with van der Waals surface area (Å²) < 4.78 is 3.62. The van der Waals surface area contributed by atoms with Crippen LogP contribution >= 0.6 is 0 Å². The van der Waals surface area contributed by atoms with Gasteiger partial charge in [0, 0.05) is 30.3 Å². The quantitative estimate of drug-likeness (QED) is 0.275. The molecule has 2 heterocycles. The van der Waals surface area contributed by atoms with E-state index in [4.69, 9.17) is 5.10 Å². The van der Waals surface area contributed by atoms with Crippen LogP contribution in [0.1, 0.15) is 0 Å². The Bertz CT molecular complexity index is 1200. The summed E-state index contributed by atoms with van der Waals surface area (Å²) >= 11 is 0. The van der Waals surface area contributed by atoms with Gasteiger partial charge in [-0.1, -0.05) is 23.9 Å². The normalized spacial score (nSPS) is 10.4. The van der Waals surface area contributed by atoms with Gasteiger partial charge in [-0.3, -0.25) is 9.36 Å². The van der Waals surface area contributed by atoms with Gasteiger partial charge < -0.3 is 4.90 Å². The number of anilines is 3. The van der Waals surface area contributed by atoms with Gasteiger partial charge in [0.2, 0.25) is 0 Å². The standard InChI is InChI=1S/C24H17N5.Pt/c1-3-9-20(10-4-1)28-18-15-24(26-28)29(21-11-5-2-6-12-21)23-14-7-13-22(19-23)27-17-8-16-25-27;/h1-9,11-18H;/q-2;+2. The Morgan fingerprint density at radius 1 is 0.733 bits per heavy atom. The minimum absolute atomic E-state index is 0. The van der Waals surface area contributed by atoms with Crippen molar-refractivity contribution < 1.29 is 21.1 Å². The second kappa shape index (κ2) is 8.93. The molecule has 0 N–H and O–H groups in total. The van der Waals surface area contributed by atoms with Crippen LogP contribution in [-0.4, -0.2) is 19.6 Å². The molecule has 148 valence electrons. The van der Waals surface area contributed by atoms with Crippen LogP contribution in [0.25, 0.3) is 11.4 Å². The largest absolute Gasteiger partial charge is 2.00 e. The Hall–Kier alpha value is -3.43. The van der Waals surface area contributed by atoms with E-state index in [0.29, 0.717) is 0 Å². The predicted octanol–water partition coefficient (Wildman–Crippen LogP) is 5.13. The van der Waals surface area contributed by atoms with E-state index < -0.39 is 0 Å². The molecule has 30 heavy (non-hydrogen) atoms. The minimum atomic E-state index is 0. The third-order valence-corrected chi connectivity index (χ3v) is 4.51. The summed E-state index contributed by atoms with van der Waals surface area (Å²) in [5.41, 5.74) is 3.64. The average molecular weight is 571 g/mol. The molecule has 5 aromatic rings. The molecule has 0 amide bonds. The van der Waals surface area contributed by atoms with Crippen LogP contribution in [0.2, 0.25) is 0 Å². The first-order chi connectivity index (χ1) is 14.4. The first kappa shape index (κ1) is 19.9. The van der Waals surface area contributed by atoms with E-state index in [1.165, 1.54) is 0 Å². The Morgan fingerprint density at radius 3 is 2.33 bits per heavy atom. The van der Waals surface area contributed by atoms with Gasteiger partial charge in [0.15, 0.2) is 5.82 Å². The smallest absolute Gasteiger partial charge is 0.318 e. The SMILES string of the molecule is [Pt+2].[c-]1c(N(c2ccccc2)c2ccn(-c3[c-]cccc3)n2)cccc1-n1cccn1. The van der Waals surface area contributed by atoms with Crippen molar-refractivity contribution in [3.05, 3.63) is 116 Å². The van der Waals surface area contributed by atoms with Crippen molar-refractivity contribution in [3.8, 4) is 11.4 Å². The molecule has 0 saturated carbocycles. The molecule has 0 atom stereocenters. The predicted molar refractivity (Wildman–Crippen MR) is 113 cm³/mol. The summed E-state index contributed by atoms with van der Waals surface area (Å²) in [6, 6.07) is 34.5. The van der Waals surface area contributed by atoms with Crippen molar-refractivity contribution in [2.75, 3.05) is 4.90 Å². The van der Waals surface area contributed by atoms with Crippen molar-refractivity contribution in [1.29, 1.82) is 0 Å². The second-order valence-corrected chi connectivity index (χ2v) is 6.41. The number of nitrogens with zero attached hydrogens (tertiary/aromatic N) is 5. The van der Waals surface area contributed by atoms with Gasteiger partial charge in [-0.15, -0.1) is 24.3 Å². The van der Waals surface area contributed by atoms with Crippen molar-refractivity contribution in [2.45, 2.75) is 0 Å². The van der Waals surface area contributed by atoms with E-state index in [9.17, 15) is 0 Å². The van der Waals surface area contributed by atoms with E-state index >= 15 is 0 Å². The van der Waals surface area contributed by atoms with E-state index in [0.717, 1.165) is 28.6 Å².